The molecule has 1 N–H and O–H groups in total. The fourth-order valence-electron chi connectivity index (χ4n) is 2.74. The predicted octanol–water partition coefficient (Wildman–Crippen LogP) is 3.13. The Bertz CT molecular complexity index is 428. The summed E-state index contributed by atoms with van der Waals surface area (Å²) in [6.07, 6.45) is 2.37. The second-order valence-corrected chi connectivity index (χ2v) is 5.11. The van der Waals surface area contributed by atoms with Crippen molar-refractivity contribution in [1.29, 1.82) is 0 Å². The molecule has 1 aliphatic heterocycles. The third-order valence-electron chi connectivity index (χ3n) is 3.55. The van der Waals surface area contributed by atoms with Crippen LogP contribution >= 0.6 is 11.6 Å². The van der Waals surface area contributed by atoms with E-state index >= 15 is 0 Å². The maximum atomic E-state index is 6.20. The fourth-order valence-corrected chi connectivity index (χ4v) is 3.07. The average Bonchev–Trinajstić information content (AvgIpc) is 2.38. The smallest absolute Gasteiger partial charge is 0.179 e. The van der Waals surface area contributed by atoms with Crippen LogP contribution in [-0.2, 0) is 0 Å². The predicted molar refractivity (Wildman–Crippen MR) is 74.1 cm³/mol. The molecule has 0 aromatic heterocycles. The molecule has 2 rings (SSSR count). The zero-order valence-corrected chi connectivity index (χ0v) is 11.9. The van der Waals surface area contributed by atoms with Crippen LogP contribution in [0.5, 0.6) is 11.5 Å². The summed E-state index contributed by atoms with van der Waals surface area (Å²) in [7, 11) is 3.30. The van der Waals surface area contributed by atoms with Gasteiger partial charge in [0, 0.05) is 18.0 Å². The summed E-state index contributed by atoms with van der Waals surface area (Å²) < 4.78 is 10.9. The van der Waals surface area contributed by atoms with Crippen LogP contribution in [0, 0.1) is 6.92 Å². The van der Waals surface area contributed by atoms with Crippen molar-refractivity contribution in [2.45, 2.75) is 25.7 Å². The molecule has 1 unspecified atom stereocenters. The molecule has 0 bridgehead atoms. The molecular weight excluding hydrogens is 250 g/mol. The van der Waals surface area contributed by atoms with Gasteiger partial charge in [0.05, 0.1) is 19.2 Å². The van der Waals surface area contributed by atoms with Crippen molar-refractivity contribution in [1.82, 2.24) is 5.32 Å². The number of methoxy groups -OCH3 is 2. The van der Waals surface area contributed by atoms with Crippen molar-refractivity contribution >= 4 is 11.6 Å². The van der Waals surface area contributed by atoms with Gasteiger partial charge in [0.15, 0.2) is 11.5 Å². The van der Waals surface area contributed by atoms with E-state index in [2.05, 4.69) is 12.2 Å². The Morgan fingerprint density at radius 1 is 1.28 bits per heavy atom. The van der Waals surface area contributed by atoms with Crippen molar-refractivity contribution in [3.05, 3.63) is 22.2 Å². The molecule has 0 saturated carbocycles. The first-order valence-electron chi connectivity index (χ1n) is 6.30. The molecule has 0 amide bonds. The van der Waals surface area contributed by atoms with E-state index in [4.69, 9.17) is 21.1 Å². The molecule has 100 valence electrons. The van der Waals surface area contributed by atoms with Gasteiger partial charge >= 0.3 is 0 Å². The minimum atomic E-state index is 0.472. The minimum Gasteiger partial charge on any atom is -0.492 e. The third kappa shape index (κ3) is 2.43. The number of aryl methyl sites for hydroxylation is 1. The molecule has 1 fully saturated rings. The Morgan fingerprint density at radius 2 is 2.00 bits per heavy atom. The maximum Gasteiger partial charge on any atom is 0.179 e. The Balaban J connectivity index is 2.49. The molecule has 0 aliphatic carbocycles. The van der Waals surface area contributed by atoms with Crippen molar-refractivity contribution in [3.8, 4) is 11.5 Å². The van der Waals surface area contributed by atoms with Crippen LogP contribution in [0.4, 0.5) is 0 Å². The lowest BCUT2D eigenvalue weighted by Gasteiger charge is -2.27. The van der Waals surface area contributed by atoms with Gasteiger partial charge in [-0.3, -0.25) is 0 Å². The third-order valence-corrected chi connectivity index (χ3v) is 3.83. The number of nitrogens with one attached hydrogen (secondary N) is 1. The molecule has 3 nitrogen and oxygen atoms in total. The lowest BCUT2D eigenvalue weighted by Crippen LogP contribution is -2.29. The van der Waals surface area contributed by atoms with Crippen molar-refractivity contribution < 1.29 is 9.47 Å². The van der Waals surface area contributed by atoms with Gasteiger partial charge in [-0.2, -0.15) is 0 Å². The minimum absolute atomic E-state index is 0.472. The van der Waals surface area contributed by atoms with Crippen molar-refractivity contribution in [2.24, 2.45) is 0 Å². The molecule has 1 aromatic carbocycles. The number of benzene rings is 1. The molecule has 4 heteroatoms. The Kier molecular flexibility index (Phi) is 4.36. The van der Waals surface area contributed by atoms with E-state index in [-0.39, 0.29) is 0 Å². The second-order valence-electron chi connectivity index (χ2n) is 4.70. The second kappa shape index (κ2) is 5.81. The van der Waals surface area contributed by atoms with E-state index in [1.165, 1.54) is 24.0 Å². The van der Waals surface area contributed by atoms with Gasteiger partial charge < -0.3 is 14.8 Å². The number of ether oxygens (including phenoxy) is 2. The first-order chi connectivity index (χ1) is 8.69. The Hall–Kier alpha value is -0.930. The van der Waals surface area contributed by atoms with Crippen LogP contribution in [0.2, 0.25) is 5.02 Å². The van der Waals surface area contributed by atoms with Crippen LogP contribution in [-0.4, -0.2) is 27.3 Å². The van der Waals surface area contributed by atoms with Gasteiger partial charge in [0.1, 0.15) is 0 Å². The Morgan fingerprint density at radius 3 is 2.56 bits per heavy atom. The number of hydrogen-bond donors (Lipinski definition) is 1. The van der Waals surface area contributed by atoms with Crippen LogP contribution < -0.4 is 14.8 Å². The topological polar surface area (TPSA) is 30.5 Å². The number of piperidine rings is 1. The molecule has 1 aliphatic rings. The van der Waals surface area contributed by atoms with Crippen molar-refractivity contribution in [3.63, 3.8) is 0 Å². The van der Waals surface area contributed by atoms with Gasteiger partial charge in [0.2, 0.25) is 0 Å². The van der Waals surface area contributed by atoms with Crippen LogP contribution in [0.25, 0.3) is 0 Å². The van der Waals surface area contributed by atoms with Gasteiger partial charge in [-0.05, 0) is 37.9 Å². The van der Waals surface area contributed by atoms with E-state index in [9.17, 15) is 0 Å². The highest BCUT2D eigenvalue weighted by molar-refractivity contribution is 6.32. The summed E-state index contributed by atoms with van der Waals surface area (Å²) in [5.41, 5.74) is 2.40. The van der Waals surface area contributed by atoms with E-state index in [1.54, 1.807) is 14.2 Å². The zero-order chi connectivity index (χ0) is 13.1. The molecule has 1 saturated heterocycles. The average molecular weight is 270 g/mol. The Labute approximate surface area is 113 Å². The van der Waals surface area contributed by atoms with Crippen LogP contribution in [0.1, 0.15) is 29.9 Å². The quantitative estimate of drug-likeness (QED) is 0.915. The molecule has 0 radical (unpaired) electrons. The molecule has 18 heavy (non-hydrogen) atoms. The van der Waals surface area contributed by atoms with Crippen LogP contribution in [0.15, 0.2) is 6.07 Å². The largest absolute Gasteiger partial charge is 0.492 e. The van der Waals surface area contributed by atoms with E-state index < -0.39 is 0 Å². The SMILES string of the molecule is COc1c(Cl)cc(C)c(C2CCCNC2)c1OC. The van der Waals surface area contributed by atoms with Crippen molar-refractivity contribution in [2.75, 3.05) is 27.3 Å². The van der Waals surface area contributed by atoms with E-state index in [1.807, 2.05) is 6.07 Å². The summed E-state index contributed by atoms with van der Waals surface area (Å²) >= 11 is 6.20. The lowest BCUT2D eigenvalue weighted by molar-refractivity contribution is 0.344. The summed E-state index contributed by atoms with van der Waals surface area (Å²) in [4.78, 5) is 0. The molecule has 1 heterocycles. The summed E-state index contributed by atoms with van der Waals surface area (Å²) in [5, 5.41) is 4.05. The first-order valence-corrected chi connectivity index (χ1v) is 6.68. The standard InChI is InChI=1S/C14H20ClNO2/c1-9-7-11(15)13(17-2)14(18-3)12(9)10-5-4-6-16-8-10/h7,10,16H,4-6,8H2,1-3H3. The fraction of sp³-hybridized carbons (Fsp3) is 0.571. The van der Waals surface area contributed by atoms with Gasteiger partial charge in [-0.25, -0.2) is 0 Å². The zero-order valence-electron chi connectivity index (χ0n) is 11.2. The lowest BCUT2D eigenvalue weighted by atomic mass is 9.87. The molecular formula is C14H20ClNO2. The van der Waals surface area contributed by atoms with Gasteiger partial charge in [-0.15, -0.1) is 0 Å². The number of rotatable bonds is 3. The summed E-state index contributed by atoms with van der Waals surface area (Å²) in [5.74, 6) is 1.90. The highest BCUT2D eigenvalue weighted by Crippen LogP contribution is 2.44. The van der Waals surface area contributed by atoms with Gasteiger partial charge in [-0.1, -0.05) is 11.6 Å². The molecule has 1 aromatic rings. The molecule has 0 spiro atoms. The normalized spacial score (nSPS) is 19.7. The first kappa shape index (κ1) is 13.5. The summed E-state index contributed by atoms with van der Waals surface area (Å²) in [6, 6.07) is 1.97. The van der Waals surface area contributed by atoms with Gasteiger partial charge in [0.25, 0.3) is 0 Å². The highest BCUT2D eigenvalue weighted by Gasteiger charge is 2.25. The monoisotopic (exact) mass is 269 g/mol. The van der Waals surface area contributed by atoms with E-state index in [0.29, 0.717) is 16.7 Å². The maximum absolute atomic E-state index is 6.20. The highest BCUT2D eigenvalue weighted by atomic mass is 35.5. The van der Waals surface area contributed by atoms with E-state index in [0.717, 1.165) is 18.8 Å². The summed E-state index contributed by atoms with van der Waals surface area (Å²) in [6.45, 7) is 4.17. The number of hydrogen-bond acceptors (Lipinski definition) is 3. The number of halogens is 1. The van der Waals surface area contributed by atoms with Crippen LogP contribution in [0.3, 0.4) is 0 Å². The molecule has 1 atom stereocenters.